The van der Waals surface area contributed by atoms with Crippen LogP contribution >= 0.6 is 11.6 Å². The van der Waals surface area contributed by atoms with Crippen molar-refractivity contribution in [1.82, 2.24) is 10.2 Å². The number of aliphatic hydroxyl groups excluding tert-OH is 1. The minimum absolute atomic E-state index is 0.0899. The zero-order valence-corrected chi connectivity index (χ0v) is 29.4. The molecule has 2 aromatic carbocycles. The molecule has 3 aliphatic heterocycles. The van der Waals surface area contributed by atoms with Gasteiger partial charge in [0.2, 0.25) is 11.8 Å². The van der Waals surface area contributed by atoms with Crippen LogP contribution in [0.2, 0.25) is 5.02 Å². The first kappa shape index (κ1) is 37.3. The number of carbonyl (C=O) groups is 4. The van der Waals surface area contributed by atoms with Gasteiger partial charge < -0.3 is 29.7 Å². The Morgan fingerprint density at radius 2 is 1.82 bits per heavy atom. The molecule has 7 atom stereocenters. The Hall–Kier alpha value is -3.99. The summed E-state index contributed by atoms with van der Waals surface area (Å²) in [4.78, 5) is 59.4. The number of ether oxygens (including phenoxy) is 2. The van der Waals surface area contributed by atoms with Crippen molar-refractivity contribution in [3.63, 3.8) is 0 Å². The summed E-state index contributed by atoms with van der Waals surface area (Å²) in [7, 11) is 0. The van der Waals surface area contributed by atoms with Crippen LogP contribution in [0.15, 0.2) is 79.9 Å². The summed E-state index contributed by atoms with van der Waals surface area (Å²) >= 11 is 6.16. The number of likely N-dealkylation sites (tertiary alicyclic amines) is 1. The first-order chi connectivity index (χ1) is 24.2. The standard InChI is InChI=1S/C39H48ClN3O7/c1-4-6-16-31(45)41-26(3)34(27-14-10-9-11-15-27)49-38(48)32-30-21-22-39(50-30)33(32)36(46)43(24-12-7-8-13-25-44)35(39)37(47)42(23-5-2)29-19-17-28(40)18-20-29/h4-5,9-11,14-15,17-20,26,30,32-35,44H,1-2,6-8,12-13,16,21-25H2,3H3,(H,41,45)/t26-,30-,32+,33+,34-,35-,39+/m1/s1. The average Bonchev–Trinajstić information content (AvgIpc) is 3.76. The van der Waals surface area contributed by atoms with Crippen LogP contribution in [0.4, 0.5) is 5.69 Å². The maximum atomic E-state index is 14.7. The molecule has 2 aromatic rings. The van der Waals surface area contributed by atoms with Gasteiger partial charge in [0.25, 0.3) is 5.91 Å². The summed E-state index contributed by atoms with van der Waals surface area (Å²) in [6.07, 6.45) is 6.41. The molecule has 3 amide bonds. The van der Waals surface area contributed by atoms with Gasteiger partial charge in [0.15, 0.2) is 0 Å². The van der Waals surface area contributed by atoms with E-state index < -0.39 is 47.7 Å². The molecule has 0 aliphatic carbocycles. The average molecular weight is 706 g/mol. The number of hydrogen-bond acceptors (Lipinski definition) is 7. The summed E-state index contributed by atoms with van der Waals surface area (Å²) in [5.74, 6) is -3.23. The van der Waals surface area contributed by atoms with Crippen molar-refractivity contribution >= 4 is 41.0 Å². The zero-order chi connectivity index (χ0) is 35.8. The van der Waals surface area contributed by atoms with Crippen LogP contribution in [-0.2, 0) is 28.7 Å². The lowest BCUT2D eigenvalue weighted by molar-refractivity contribution is -0.162. The first-order valence-electron chi connectivity index (χ1n) is 17.6. The van der Waals surface area contributed by atoms with E-state index in [1.165, 1.54) is 0 Å². The minimum Gasteiger partial charge on any atom is -0.455 e. The van der Waals surface area contributed by atoms with Crippen LogP contribution in [-0.4, -0.2) is 77.2 Å². The van der Waals surface area contributed by atoms with Crippen molar-refractivity contribution in [2.75, 3.05) is 24.6 Å². The summed E-state index contributed by atoms with van der Waals surface area (Å²) in [5, 5.41) is 12.7. The Morgan fingerprint density at radius 1 is 1.10 bits per heavy atom. The van der Waals surface area contributed by atoms with Gasteiger partial charge >= 0.3 is 5.97 Å². The molecule has 11 heteroatoms. The molecule has 3 heterocycles. The van der Waals surface area contributed by atoms with Gasteiger partial charge in [-0.3, -0.25) is 19.2 Å². The largest absolute Gasteiger partial charge is 0.455 e. The molecule has 3 aliphatic rings. The molecule has 2 bridgehead atoms. The predicted molar refractivity (Wildman–Crippen MR) is 191 cm³/mol. The molecule has 0 aromatic heterocycles. The normalized spacial score (nSPS) is 24.7. The van der Waals surface area contributed by atoms with Crippen LogP contribution < -0.4 is 10.2 Å². The number of anilines is 1. The van der Waals surface area contributed by atoms with E-state index >= 15 is 0 Å². The van der Waals surface area contributed by atoms with Crippen molar-refractivity contribution in [3.8, 4) is 0 Å². The van der Waals surface area contributed by atoms with E-state index in [0.717, 1.165) is 12.8 Å². The summed E-state index contributed by atoms with van der Waals surface area (Å²) in [5.41, 5.74) is 0.0917. The Kier molecular flexibility index (Phi) is 12.5. The first-order valence-corrected chi connectivity index (χ1v) is 18.0. The van der Waals surface area contributed by atoms with Crippen molar-refractivity contribution < 1.29 is 33.8 Å². The fourth-order valence-electron chi connectivity index (χ4n) is 7.85. The highest BCUT2D eigenvalue weighted by atomic mass is 35.5. The van der Waals surface area contributed by atoms with Gasteiger partial charge in [0, 0.05) is 36.8 Å². The maximum absolute atomic E-state index is 14.7. The third kappa shape index (κ3) is 7.67. The van der Waals surface area contributed by atoms with Gasteiger partial charge in [-0.05, 0) is 68.9 Å². The summed E-state index contributed by atoms with van der Waals surface area (Å²) < 4.78 is 12.9. The van der Waals surface area contributed by atoms with E-state index in [0.29, 0.717) is 54.9 Å². The van der Waals surface area contributed by atoms with Crippen molar-refractivity contribution in [2.45, 2.75) is 88.2 Å². The Bertz CT molecular complexity index is 1540. The molecular weight excluding hydrogens is 658 g/mol. The van der Waals surface area contributed by atoms with E-state index in [2.05, 4.69) is 18.5 Å². The number of amides is 3. The highest BCUT2D eigenvalue weighted by Crippen LogP contribution is 2.59. The maximum Gasteiger partial charge on any atom is 0.313 e. The highest BCUT2D eigenvalue weighted by Gasteiger charge is 2.75. The van der Waals surface area contributed by atoms with E-state index in [9.17, 15) is 24.3 Å². The number of halogens is 1. The lowest BCUT2D eigenvalue weighted by Crippen LogP contribution is -2.56. The molecule has 3 saturated heterocycles. The lowest BCUT2D eigenvalue weighted by Gasteiger charge is -2.37. The van der Waals surface area contributed by atoms with E-state index in [4.69, 9.17) is 21.1 Å². The fraction of sp³-hybridized carbons (Fsp3) is 0.487. The van der Waals surface area contributed by atoms with E-state index in [-0.39, 0.29) is 37.3 Å². The van der Waals surface area contributed by atoms with Crippen LogP contribution in [0, 0.1) is 11.8 Å². The van der Waals surface area contributed by atoms with Gasteiger partial charge in [-0.1, -0.05) is 66.9 Å². The molecule has 50 heavy (non-hydrogen) atoms. The third-order valence-corrected chi connectivity index (χ3v) is 10.4. The molecule has 1 spiro atoms. The lowest BCUT2D eigenvalue weighted by atomic mass is 9.70. The second-order valence-electron chi connectivity index (χ2n) is 13.4. The number of hydrogen-bond donors (Lipinski definition) is 2. The van der Waals surface area contributed by atoms with Gasteiger partial charge in [0.05, 0.1) is 24.0 Å². The Morgan fingerprint density at radius 3 is 2.50 bits per heavy atom. The van der Waals surface area contributed by atoms with Gasteiger partial charge in [0.1, 0.15) is 17.7 Å². The van der Waals surface area contributed by atoms with Gasteiger partial charge in [-0.25, -0.2) is 0 Å². The van der Waals surface area contributed by atoms with E-state index in [1.54, 1.807) is 53.1 Å². The Balaban J connectivity index is 1.46. The van der Waals surface area contributed by atoms with Crippen molar-refractivity contribution in [1.29, 1.82) is 0 Å². The predicted octanol–water partition coefficient (Wildman–Crippen LogP) is 5.54. The molecular formula is C39H48ClN3O7. The van der Waals surface area contributed by atoms with Crippen molar-refractivity contribution in [2.24, 2.45) is 11.8 Å². The number of nitrogens with one attached hydrogen (secondary N) is 1. The molecule has 0 radical (unpaired) electrons. The number of rotatable bonds is 18. The smallest absolute Gasteiger partial charge is 0.313 e. The summed E-state index contributed by atoms with van der Waals surface area (Å²) in [6.45, 7) is 9.92. The monoisotopic (exact) mass is 705 g/mol. The number of allylic oxidation sites excluding steroid dienone is 1. The molecule has 10 nitrogen and oxygen atoms in total. The molecule has 0 saturated carbocycles. The highest BCUT2D eigenvalue weighted by molar-refractivity contribution is 6.30. The number of nitrogens with zero attached hydrogens (tertiary/aromatic N) is 2. The van der Waals surface area contributed by atoms with Crippen LogP contribution in [0.25, 0.3) is 0 Å². The zero-order valence-electron chi connectivity index (χ0n) is 28.7. The molecule has 3 fully saturated rings. The molecule has 268 valence electrons. The quantitative estimate of drug-likeness (QED) is 0.119. The van der Waals surface area contributed by atoms with Crippen LogP contribution in [0.3, 0.4) is 0 Å². The second kappa shape index (κ2) is 16.8. The number of benzene rings is 2. The number of carbonyl (C=O) groups excluding carboxylic acids is 4. The van der Waals surface area contributed by atoms with Crippen molar-refractivity contribution in [3.05, 3.63) is 90.5 Å². The molecule has 2 N–H and O–H groups in total. The summed E-state index contributed by atoms with van der Waals surface area (Å²) in [6, 6.07) is 14.6. The number of unbranched alkanes of at least 4 members (excludes halogenated alkanes) is 3. The minimum atomic E-state index is -1.22. The number of fused-ring (bicyclic) bond motifs is 1. The molecule has 5 rings (SSSR count). The van der Waals surface area contributed by atoms with Crippen LogP contribution in [0.1, 0.15) is 70.0 Å². The number of aliphatic hydroxyl groups is 1. The van der Waals surface area contributed by atoms with Crippen LogP contribution in [0.5, 0.6) is 0 Å². The second-order valence-corrected chi connectivity index (χ2v) is 13.8. The van der Waals surface area contributed by atoms with Gasteiger partial charge in [-0.2, -0.15) is 0 Å². The third-order valence-electron chi connectivity index (χ3n) is 10.1. The Labute approximate surface area is 299 Å². The van der Waals surface area contributed by atoms with E-state index in [1.807, 2.05) is 30.3 Å². The van der Waals surface area contributed by atoms with Gasteiger partial charge in [-0.15, -0.1) is 13.2 Å². The number of esters is 1. The SMILES string of the molecule is C=CCCC(=O)N[C@H](C)[C@@H](OC(=O)[C@@H]1[C@H]2C(=O)N(CCCCCCO)[C@H](C(=O)N(CC=C)c3ccc(Cl)cc3)[C@]23CC[C@H]1O3)c1ccccc1. The topological polar surface area (TPSA) is 125 Å². The molecule has 0 unspecified atom stereocenters. The fourth-order valence-corrected chi connectivity index (χ4v) is 7.97.